The van der Waals surface area contributed by atoms with Crippen LogP contribution in [-0.2, 0) is 16.2 Å². The van der Waals surface area contributed by atoms with Crippen LogP contribution >= 0.6 is 0 Å². The molecule has 3 N–H and O–H groups in total. The monoisotopic (exact) mass is 488 g/mol. The number of amides is 1. The zero-order valence-corrected chi connectivity index (χ0v) is 17.7. The maximum atomic E-state index is 13.1. The van der Waals surface area contributed by atoms with Crippen LogP contribution in [0, 0.1) is 0 Å². The zero-order valence-electron chi connectivity index (χ0n) is 16.9. The van der Waals surface area contributed by atoms with E-state index in [0.717, 1.165) is 28.6 Å². The van der Waals surface area contributed by atoms with Gasteiger partial charge in [0.25, 0.3) is 5.91 Å². The Hall–Kier alpha value is -3.16. The van der Waals surface area contributed by atoms with Gasteiger partial charge in [0.1, 0.15) is 11.9 Å². The Balaban J connectivity index is 1.75. The largest absolute Gasteiger partial charge is 0.490 e. The number of rotatable bonds is 6. The van der Waals surface area contributed by atoms with Crippen molar-refractivity contribution in [2.75, 3.05) is 13.1 Å². The number of ether oxygens (including phenoxy) is 1. The number of carbonyl (C=O) groups excluding carboxylic acids is 1. The van der Waals surface area contributed by atoms with E-state index in [0.29, 0.717) is 0 Å². The number of carboxylic acid groups (broad SMARTS) is 1. The fourth-order valence-electron chi connectivity index (χ4n) is 3.46. The van der Waals surface area contributed by atoms with Crippen molar-refractivity contribution in [3.05, 3.63) is 59.2 Å². The van der Waals surface area contributed by atoms with E-state index >= 15 is 0 Å². The van der Waals surface area contributed by atoms with Crippen LogP contribution in [0.15, 0.2) is 47.4 Å². The van der Waals surface area contributed by atoms with Crippen LogP contribution in [0.4, 0.5) is 13.2 Å². The number of hydrogen-bond acceptors (Lipinski definition) is 6. The van der Waals surface area contributed by atoms with Crippen molar-refractivity contribution in [2.24, 2.45) is 0 Å². The number of alkyl halides is 3. The van der Waals surface area contributed by atoms with Crippen molar-refractivity contribution < 1.29 is 46.2 Å². The molecular formula is C20H19F3N2O7S. The fourth-order valence-corrected chi connectivity index (χ4v) is 5.14. The molecule has 1 heterocycles. The van der Waals surface area contributed by atoms with Gasteiger partial charge in [0.15, 0.2) is 0 Å². The Bertz CT molecular complexity index is 1140. The number of nitrogens with zero attached hydrogens (tertiary/aromatic N) is 1. The average Bonchev–Trinajstić information content (AvgIpc) is 2.78. The molecule has 9 nitrogen and oxygen atoms in total. The summed E-state index contributed by atoms with van der Waals surface area (Å²) in [5, 5.41) is 18.2. The number of piperidine rings is 1. The van der Waals surface area contributed by atoms with Gasteiger partial charge in [0.2, 0.25) is 10.0 Å². The van der Waals surface area contributed by atoms with Crippen LogP contribution in [0.3, 0.4) is 0 Å². The number of carbonyl (C=O) groups is 2. The molecule has 33 heavy (non-hydrogen) atoms. The first-order chi connectivity index (χ1) is 15.4. The number of hydroxylamine groups is 1. The summed E-state index contributed by atoms with van der Waals surface area (Å²) in [6.45, 7) is -0.0732. The molecular weight excluding hydrogens is 469 g/mol. The average molecular weight is 488 g/mol. The van der Waals surface area contributed by atoms with E-state index < -0.39 is 55.8 Å². The Morgan fingerprint density at radius 2 is 1.67 bits per heavy atom. The van der Waals surface area contributed by atoms with Crippen molar-refractivity contribution in [3.63, 3.8) is 0 Å². The van der Waals surface area contributed by atoms with E-state index in [2.05, 4.69) is 0 Å². The van der Waals surface area contributed by atoms with Crippen LogP contribution in [0.25, 0.3) is 0 Å². The summed E-state index contributed by atoms with van der Waals surface area (Å²) in [6.07, 6.45) is -4.51. The fraction of sp³-hybridized carbons (Fsp3) is 0.300. The lowest BCUT2D eigenvalue weighted by molar-refractivity contribution is -0.137. The molecule has 0 aromatic heterocycles. The summed E-state index contributed by atoms with van der Waals surface area (Å²) in [7, 11) is -4.30. The topological polar surface area (TPSA) is 133 Å². The second kappa shape index (κ2) is 9.37. The first kappa shape index (κ1) is 24.5. The lowest BCUT2D eigenvalue weighted by Crippen LogP contribution is -2.42. The van der Waals surface area contributed by atoms with Crippen LogP contribution < -0.4 is 10.2 Å². The Labute approximate surface area is 186 Å². The van der Waals surface area contributed by atoms with E-state index in [4.69, 9.17) is 9.94 Å². The van der Waals surface area contributed by atoms with Crippen LogP contribution in [0.2, 0.25) is 0 Å². The van der Waals surface area contributed by atoms with Gasteiger partial charge in [-0.3, -0.25) is 10.0 Å². The number of hydrogen-bond donors (Lipinski definition) is 3. The predicted molar refractivity (Wildman–Crippen MR) is 107 cm³/mol. The third kappa shape index (κ3) is 5.26. The quantitative estimate of drug-likeness (QED) is 0.421. The summed E-state index contributed by atoms with van der Waals surface area (Å²) in [6, 6.07) is 7.42. The molecule has 13 heteroatoms. The highest BCUT2D eigenvalue weighted by atomic mass is 32.2. The first-order valence-corrected chi connectivity index (χ1v) is 11.0. The number of carboxylic acids is 1. The van der Waals surface area contributed by atoms with Crippen molar-refractivity contribution in [2.45, 2.75) is 30.0 Å². The summed E-state index contributed by atoms with van der Waals surface area (Å²) < 4.78 is 71.0. The molecule has 1 saturated heterocycles. The second-order valence-electron chi connectivity index (χ2n) is 7.17. The van der Waals surface area contributed by atoms with E-state index in [1.165, 1.54) is 23.7 Å². The molecule has 1 amide bonds. The van der Waals surface area contributed by atoms with Crippen molar-refractivity contribution >= 4 is 21.9 Å². The lowest BCUT2D eigenvalue weighted by Gasteiger charge is -2.32. The van der Waals surface area contributed by atoms with Crippen molar-refractivity contribution in [1.29, 1.82) is 0 Å². The lowest BCUT2D eigenvalue weighted by atomic mass is 10.1. The van der Waals surface area contributed by atoms with Gasteiger partial charge in [-0.05, 0) is 49.2 Å². The smallest absolute Gasteiger partial charge is 0.416 e. The molecule has 2 aromatic carbocycles. The second-order valence-corrected chi connectivity index (χ2v) is 9.07. The normalized spacial score (nSPS) is 15.8. The summed E-state index contributed by atoms with van der Waals surface area (Å²) in [5.74, 6) is -2.62. The number of sulfonamides is 1. The molecule has 3 rings (SSSR count). The molecule has 0 radical (unpaired) electrons. The minimum absolute atomic E-state index is 0.0366. The minimum atomic E-state index is -4.47. The van der Waals surface area contributed by atoms with Crippen molar-refractivity contribution in [1.82, 2.24) is 9.79 Å². The van der Waals surface area contributed by atoms with Crippen molar-refractivity contribution in [3.8, 4) is 5.75 Å². The molecule has 0 bridgehead atoms. The third-order valence-corrected chi connectivity index (χ3v) is 7.03. The van der Waals surface area contributed by atoms with Gasteiger partial charge in [-0.1, -0.05) is 6.07 Å². The van der Waals surface area contributed by atoms with E-state index in [1.807, 2.05) is 0 Å². The number of nitrogens with one attached hydrogen (secondary N) is 1. The standard InChI is InChI=1S/C20H19F3N2O7S/c21-20(22,23)12-4-6-13(7-5-12)32-14-8-10-25(11-9-14)33(30,31)16-3-1-2-15(19(27)28)17(16)18(26)24-29/h1-7,14,29H,8-11H2,(H,24,26)(H,27,28). The molecule has 0 unspecified atom stereocenters. The third-order valence-electron chi connectivity index (χ3n) is 5.09. The number of benzene rings is 2. The maximum absolute atomic E-state index is 13.1. The zero-order chi connectivity index (χ0) is 24.4. The molecule has 0 saturated carbocycles. The number of aromatic carboxylic acids is 1. The van der Waals surface area contributed by atoms with Gasteiger partial charge < -0.3 is 9.84 Å². The molecule has 1 fully saturated rings. The first-order valence-electron chi connectivity index (χ1n) is 9.60. The Morgan fingerprint density at radius 1 is 1.06 bits per heavy atom. The van der Waals surface area contributed by atoms with Crippen LogP contribution in [-0.4, -0.2) is 54.1 Å². The Kier molecular flexibility index (Phi) is 6.95. The molecule has 0 atom stereocenters. The summed E-state index contributed by atoms with van der Waals surface area (Å²) in [4.78, 5) is 22.9. The highest BCUT2D eigenvalue weighted by molar-refractivity contribution is 7.89. The van der Waals surface area contributed by atoms with E-state index in [9.17, 15) is 36.3 Å². The van der Waals surface area contributed by atoms with Gasteiger partial charge >= 0.3 is 12.1 Å². The molecule has 2 aromatic rings. The van der Waals surface area contributed by atoms with Gasteiger partial charge in [0, 0.05) is 13.1 Å². The summed E-state index contributed by atoms with van der Waals surface area (Å²) >= 11 is 0. The minimum Gasteiger partial charge on any atom is -0.490 e. The van der Waals surface area contributed by atoms with Crippen LogP contribution in [0.1, 0.15) is 39.1 Å². The molecule has 1 aliphatic heterocycles. The Morgan fingerprint density at radius 3 is 2.18 bits per heavy atom. The van der Waals surface area contributed by atoms with Gasteiger partial charge in [0.05, 0.1) is 21.6 Å². The highest BCUT2D eigenvalue weighted by Crippen LogP contribution is 2.31. The summed E-state index contributed by atoms with van der Waals surface area (Å²) in [5.41, 5.74) is -0.846. The molecule has 178 valence electrons. The predicted octanol–water partition coefficient (Wildman–Crippen LogP) is 2.75. The van der Waals surface area contributed by atoms with E-state index in [-0.39, 0.29) is 31.7 Å². The highest BCUT2D eigenvalue weighted by Gasteiger charge is 2.35. The maximum Gasteiger partial charge on any atom is 0.416 e. The van der Waals surface area contributed by atoms with Crippen LogP contribution in [0.5, 0.6) is 5.75 Å². The number of halogens is 3. The molecule has 1 aliphatic rings. The van der Waals surface area contributed by atoms with E-state index in [1.54, 1.807) is 0 Å². The SMILES string of the molecule is O=C(O)c1cccc(S(=O)(=O)N2CCC(Oc3ccc(C(F)(F)F)cc3)CC2)c1C(=O)NO. The van der Waals surface area contributed by atoms with Gasteiger partial charge in [-0.15, -0.1) is 0 Å². The van der Waals surface area contributed by atoms with Gasteiger partial charge in [-0.2, -0.15) is 17.5 Å². The molecule has 0 spiro atoms. The van der Waals surface area contributed by atoms with Gasteiger partial charge in [-0.25, -0.2) is 18.7 Å². The molecule has 0 aliphatic carbocycles.